The molecule has 0 aliphatic carbocycles. The van der Waals surface area contributed by atoms with Gasteiger partial charge in [-0.2, -0.15) is 0 Å². The Morgan fingerprint density at radius 1 is 1.00 bits per heavy atom. The van der Waals surface area contributed by atoms with E-state index in [1.165, 1.54) is 42.2 Å². The van der Waals surface area contributed by atoms with E-state index in [1.54, 1.807) is 38.6 Å². The Bertz CT molecular complexity index is 2050. The molecule has 0 saturated heterocycles. The van der Waals surface area contributed by atoms with E-state index in [1.807, 2.05) is 12.1 Å². The van der Waals surface area contributed by atoms with Gasteiger partial charge >= 0.3 is 5.13 Å². The van der Waals surface area contributed by atoms with Gasteiger partial charge in [-0.3, -0.25) is 0 Å². The second-order valence-corrected chi connectivity index (χ2v) is 12.0. The number of H-pyrrole nitrogens is 2. The third-order valence-electron chi connectivity index (χ3n) is 6.12. The van der Waals surface area contributed by atoms with Crippen molar-refractivity contribution >= 4 is 88.2 Å². The van der Waals surface area contributed by atoms with E-state index in [4.69, 9.17) is 21.7 Å². The number of nitrogens with one attached hydrogen (secondary N) is 6. The quantitative estimate of drug-likeness (QED) is 0.143. The van der Waals surface area contributed by atoms with E-state index < -0.39 is 10.0 Å². The first kappa shape index (κ1) is 28.0. The second-order valence-electron chi connectivity index (χ2n) is 8.81. The molecule has 6 rings (SSSR count). The van der Waals surface area contributed by atoms with E-state index >= 15 is 0 Å². The second kappa shape index (κ2) is 11.6. The number of methoxy groups -OCH3 is 2. The molecule has 6 aromatic rings. The molecule has 0 unspecified atom stereocenters. The molecule has 0 fully saturated rings. The normalized spacial score (nSPS) is 11.3. The molecule has 0 saturated carbocycles. The molecule has 17 heteroatoms. The van der Waals surface area contributed by atoms with Gasteiger partial charge < -0.3 is 25.1 Å². The van der Waals surface area contributed by atoms with Gasteiger partial charge in [0.25, 0.3) is 15.1 Å². The number of sulfonamides is 1. The maximum Gasteiger partial charge on any atom is 0.340 e. The smallest absolute Gasteiger partial charge is 0.340 e. The van der Waals surface area contributed by atoms with Crippen molar-refractivity contribution in [2.24, 2.45) is 0 Å². The van der Waals surface area contributed by atoms with Crippen LogP contribution in [-0.4, -0.2) is 52.7 Å². The van der Waals surface area contributed by atoms with Crippen LogP contribution in [0.1, 0.15) is 0 Å². The number of aromatic nitrogens is 6. The summed E-state index contributed by atoms with van der Waals surface area (Å²) >= 11 is 6.83. The molecule has 0 spiro atoms. The zero-order valence-corrected chi connectivity index (χ0v) is 24.9. The van der Waals surface area contributed by atoms with Crippen molar-refractivity contribution in [2.45, 2.75) is 4.90 Å². The lowest BCUT2D eigenvalue weighted by molar-refractivity contribution is -0.353. The Morgan fingerprint density at radius 2 is 1.74 bits per heavy atom. The lowest BCUT2D eigenvalue weighted by atomic mass is 10.2. The fourth-order valence-corrected chi connectivity index (χ4v) is 6.20. The van der Waals surface area contributed by atoms with Crippen molar-refractivity contribution in [3.05, 3.63) is 67.4 Å². The summed E-state index contributed by atoms with van der Waals surface area (Å²) in [6.07, 6.45) is 6.16. The summed E-state index contributed by atoms with van der Waals surface area (Å²) in [4.78, 5) is 23.1. The van der Waals surface area contributed by atoms with Crippen molar-refractivity contribution in [1.29, 1.82) is 0 Å². The Labute approximate surface area is 254 Å². The summed E-state index contributed by atoms with van der Waals surface area (Å²) < 4.78 is 38.5. The van der Waals surface area contributed by atoms with Crippen molar-refractivity contribution in [3.8, 4) is 11.5 Å². The van der Waals surface area contributed by atoms with Crippen LogP contribution in [0.3, 0.4) is 0 Å². The van der Waals surface area contributed by atoms with Crippen LogP contribution in [0.4, 0.5) is 27.6 Å². The highest BCUT2D eigenvalue weighted by molar-refractivity contribution is 7.92. The first-order valence-corrected chi connectivity index (χ1v) is 15.2. The zero-order valence-electron chi connectivity index (χ0n) is 22.5. The minimum absolute atomic E-state index is 0.0115. The average molecular weight is 636 g/mol. The molecule has 218 valence electrons. The van der Waals surface area contributed by atoms with E-state index in [0.717, 1.165) is 21.3 Å². The van der Waals surface area contributed by atoms with Crippen LogP contribution in [0.5, 0.6) is 11.5 Å². The van der Waals surface area contributed by atoms with Crippen LogP contribution in [0.25, 0.3) is 21.9 Å². The number of nitrogens with zero attached hydrogens (tertiary/aromatic N) is 4. The molecule has 4 aromatic heterocycles. The van der Waals surface area contributed by atoms with Crippen LogP contribution in [-0.2, 0) is 10.0 Å². The summed E-state index contributed by atoms with van der Waals surface area (Å²) in [7, 11) is -0.670. The Kier molecular flexibility index (Phi) is 7.58. The van der Waals surface area contributed by atoms with Crippen LogP contribution in [0, 0.1) is 0 Å². The van der Waals surface area contributed by atoms with Crippen molar-refractivity contribution in [2.75, 3.05) is 34.9 Å². The van der Waals surface area contributed by atoms with Gasteiger partial charge in [0.1, 0.15) is 29.0 Å². The third kappa shape index (κ3) is 5.94. The number of anilines is 5. The van der Waals surface area contributed by atoms with E-state index in [-0.39, 0.29) is 10.8 Å². The van der Waals surface area contributed by atoms with Gasteiger partial charge in [-0.25, -0.2) is 43.4 Å². The monoisotopic (exact) mass is 635 g/mol. The molecule has 43 heavy (non-hydrogen) atoms. The van der Waals surface area contributed by atoms with Gasteiger partial charge in [-0.1, -0.05) is 0 Å². The number of rotatable bonds is 9. The number of hydrogen-bond donors (Lipinski definition) is 5. The lowest BCUT2D eigenvalue weighted by Crippen LogP contribution is -2.22. The molecular formula is C26H23N10O4S3+. The molecule has 0 radical (unpaired) electrons. The van der Waals surface area contributed by atoms with Crippen LogP contribution in [0.15, 0.2) is 72.3 Å². The van der Waals surface area contributed by atoms with Crippen LogP contribution >= 0.6 is 23.6 Å². The topological polar surface area (TPSA) is 182 Å². The first-order chi connectivity index (χ1) is 20.8. The maximum absolute atomic E-state index is 12.6. The Balaban J connectivity index is 1.13. The van der Waals surface area contributed by atoms with Gasteiger partial charge in [-0.15, -0.1) is 0 Å². The lowest BCUT2D eigenvalue weighted by Gasteiger charge is -2.08. The molecule has 0 bridgehead atoms. The minimum atomic E-state index is -3.84. The standard InChI is InChI=1S/C26H22N10O4S3/c1-39-18-10-16-17(11-19(18)40-2)33-22-21(16)23(31-13-30-22)34-20-12-29-26(42-20)35-25(41)32-14-4-6-15(7-5-14)43(37,38)36-24-27-8-3-9-28-24/h3-13H,1-2H3,(H,27,28,36)(H2,29,32,35,41)(H2,30,31,33,34)/p+1. The highest BCUT2D eigenvalue weighted by atomic mass is 32.2. The van der Waals surface area contributed by atoms with Gasteiger partial charge in [0.15, 0.2) is 11.5 Å². The summed E-state index contributed by atoms with van der Waals surface area (Å²) in [5.74, 6) is 1.79. The number of ether oxygens (including phenoxy) is 2. The molecular weight excluding hydrogens is 613 g/mol. The Hall–Kier alpha value is -5.13. The van der Waals surface area contributed by atoms with Gasteiger partial charge in [0.2, 0.25) is 5.95 Å². The SMILES string of the molecule is COc1cc2[nH]c3ncnc(Nc4c[nH+]c(NC(=S)Nc5ccc(S(=O)(=O)Nc6ncccn6)cc5)s4)c3c2cc1OC. The maximum atomic E-state index is 12.6. The number of thiocarbonyl (C=S) groups is 1. The summed E-state index contributed by atoms with van der Waals surface area (Å²) in [6.45, 7) is 0. The van der Waals surface area contributed by atoms with E-state index in [0.29, 0.717) is 38.9 Å². The third-order valence-corrected chi connectivity index (χ3v) is 8.53. The fraction of sp³-hybridized carbons (Fsp3) is 0.0769. The van der Waals surface area contributed by atoms with Gasteiger partial charge in [0.05, 0.1) is 30.0 Å². The largest absolute Gasteiger partial charge is 0.493 e. The summed E-state index contributed by atoms with van der Waals surface area (Å²) in [5.41, 5.74) is 2.09. The van der Waals surface area contributed by atoms with Crippen molar-refractivity contribution in [3.63, 3.8) is 0 Å². The number of benzene rings is 2. The van der Waals surface area contributed by atoms with Crippen molar-refractivity contribution in [1.82, 2.24) is 24.9 Å². The molecule has 0 atom stereocenters. The minimum Gasteiger partial charge on any atom is -0.493 e. The summed E-state index contributed by atoms with van der Waals surface area (Å²) in [6, 6.07) is 11.4. The Morgan fingerprint density at radius 3 is 2.49 bits per heavy atom. The fourth-order valence-electron chi connectivity index (χ4n) is 4.20. The molecule has 6 N–H and O–H groups in total. The zero-order chi connectivity index (χ0) is 30.0. The van der Waals surface area contributed by atoms with Crippen LogP contribution in [0.2, 0.25) is 0 Å². The predicted molar refractivity (Wildman–Crippen MR) is 168 cm³/mol. The molecule has 0 amide bonds. The predicted octanol–water partition coefficient (Wildman–Crippen LogP) is 4.15. The molecule has 14 nitrogen and oxygen atoms in total. The molecule has 0 aliphatic heterocycles. The van der Waals surface area contributed by atoms with E-state index in [9.17, 15) is 8.42 Å². The van der Waals surface area contributed by atoms with Gasteiger partial charge in [0, 0.05) is 29.5 Å². The van der Waals surface area contributed by atoms with Gasteiger partial charge in [-0.05, 0) is 60.0 Å². The first-order valence-electron chi connectivity index (χ1n) is 12.5. The van der Waals surface area contributed by atoms with E-state index in [2.05, 4.69) is 50.6 Å². The number of thiazole rings is 1. The molecule has 0 aliphatic rings. The number of fused-ring (bicyclic) bond motifs is 3. The molecule has 4 heterocycles. The highest BCUT2D eigenvalue weighted by Crippen LogP contribution is 2.38. The number of aromatic amines is 2. The number of hydrogen-bond acceptors (Lipinski definition) is 11. The average Bonchev–Trinajstić information content (AvgIpc) is 3.60. The highest BCUT2D eigenvalue weighted by Gasteiger charge is 2.18. The summed E-state index contributed by atoms with van der Waals surface area (Å²) in [5, 5.41) is 12.9. The van der Waals surface area contributed by atoms with Crippen LogP contribution < -0.4 is 35.1 Å². The molecule has 2 aromatic carbocycles. The van der Waals surface area contributed by atoms with Crippen molar-refractivity contribution < 1.29 is 22.9 Å².